The van der Waals surface area contributed by atoms with Crippen molar-refractivity contribution in [3.05, 3.63) is 65.3 Å². The van der Waals surface area contributed by atoms with Gasteiger partial charge in [0.25, 0.3) is 5.91 Å². The van der Waals surface area contributed by atoms with E-state index in [0.29, 0.717) is 17.5 Å². The molecule has 1 aliphatic heterocycles. The van der Waals surface area contributed by atoms with E-state index in [2.05, 4.69) is 5.32 Å². The number of aromatic nitrogens is 1. The van der Waals surface area contributed by atoms with Crippen molar-refractivity contribution in [3.8, 4) is 0 Å². The third-order valence-electron chi connectivity index (χ3n) is 5.69. The van der Waals surface area contributed by atoms with Crippen LogP contribution < -0.4 is 10.8 Å². The number of rotatable bonds is 4. The van der Waals surface area contributed by atoms with Gasteiger partial charge in [0.15, 0.2) is 0 Å². The summed E-state index contributed by atoms with van der Waals surface area (Å²) < 4.78 is 1.60. The number of hydrogen-bond donors (Lipinski definition) is 1. The van der Waals surface area contributed by atoms with Gasteiger partial charge in [0.2, 0.25) is 11.8 Å². The molecule has 0 spiro atoms. The minimum absolute atomic E-state index is 0.125. The Balaban J connectivity index is 1.52. The van der Waals surface area contributed by atoms with Crippen LogP contribution in [0, 0.1) is 5.92 Å². The van der Waals surface area contributed by atoms with Crippen LogP contribution in [-0.4, -0.2) is 28.3 Å². The monoisotopic (exact) mass is 391 g/mol. The molecule has 1 aliphatic carbocycles. The normalized spacial score (nSPS) is 20.7. The fraction of sp³-hybridized carbons (Fsp3) is 0.391. The van der Waals surface area contributed by atoms with Crippen LogP contribution >= 0.6 is 0 Å². The number of nitrogens with zero attached hydrogens (tertiary/aromatic N) is 2. The molecule has 0 radical (unpaired) electrons. The van der Waals surface area contributed by atoms with Gasteiger partial charge in [0.05, 0.1) is 12.0 Å². The number of benzene rings is 1. The van der Waals surface area contributed by atoms with Crippen LogP contribution in [0.4, 0.5) is 0 Å². The minimum Gasteiger partial charge on any atom is -0.296 e. The summed E-state index contributed by atoms with van der Waals surface area (Å²) in [5.74, 6) is -0.889. The van der Waals surface area contributed by atoms with Crippen molar-refractivity contribution in [2.24, 2.45) is 10.9 Å². The number of imide groups is 1. The van der Waals surface area contributed by atoms with E-state index in [4.69, 9.17) is 4.99 Å². The average molecular weight is 391 g/mol. The zero-order valence-electron chi connectivity index (χ0n) is 16.3. The lowest BCUT2D eigenvalue weighted by Gasteiger charge is -2.17. The van der Waals surface area contributed by atoms with Crippen LogP contribution in [0.3, 0.4) is 0 Å². The van der Waals surface area contributed by atoms with E-state index >= 15 is 0 Å². The summed E-state index contributed by atoms with van der Waals surface area (Å²) in [5.41, 5.74) is 2.19. The molecule has 1 saturated heterocycles. The number of nitrogens with one attached hydrogen (secondary N) is 1. The average Bonchev–Trinajstić information content (AvgIpc) is 3.06. The summed E-state index contributed by atoms with van der Waals surface area (Å²) in [7, 11) is 0. The molecule has 2 aromatic rings. The molecular formula is C23H25N3O3. The SMILES string of the molecule is O=C1CC(Cc2ccc(C(=O)n3ccccc3=NC3CCCCC3)cc2)C(=O)N1. The van der Waals surface area contributed by atoms with E-state index < -0.39 is 0 Å². The Morgan fingerprint density at radius 2 is 1.79 bits per heavy atom. The van der Waals surface area contributed by atoms with E-state index in [9.17, 15) is 14.4 Å². The Morgan fingerprint density at radius 3 is 2.48 bits per heavy atom. The maximum atomic E-state index is 13.1. The molecule has 2 heterocycles. The van der Waals surface area contributed by atoms with E-state index in [-0.39, 0.29) is 36.1 Å². The molecular weight excluding hydrogens is 366 g/mol. The molecule has 29 heavy (non-hydrogen) atoms. The predicted molar refractivity (Wildman–Crippen MR) is 108 cm³/mol. The van der Waals surface area contributed by atoms with Crippen molar-refractivity contribution < 1.29 is 14.4 Å². The molecule has 1 saturated carbocycles. The number of hydrogen-bond acceptors (Lipinski definition) is 4. The first kappa shape index (κ1) is 19.3. The molecule has 1 unspecified atom stereocenters. The lowest BCUT2D eigenvalue weighted by atomic mass is 9.96. The summed E-state index contributed by atoms with van der Waals surface area (Å²) in [5, 5.41) is 2.33. The van der Waals surface area contributed by atoms with E-state index in [1.54, 1.807) is 22.9 Å². The van der Waals surface area contributed by atoms with Gasteiger partial charge in [0.1, 0.15) is 5.49 Å². The second-order valence-electron chi connectivity index (χ2n) is 7.87. The first-order valence-corrected chi connectivity index (χ1v) is 10.3. The van der Waals surface area contributed by atoms with Gasteiger partial charge in [-0.15, -0.1) is 0 Å². The quantitative estimate of drug-likeness (QED) is 0.814. The van der Waals surface area contributed by atoms with Gasteiger partial charge in [0, 0.05) is 18.2 Å². The van der Waals surface area contributed by atoms with Crippen molar-refractivity contribution in [2.75, 3.05) is 0 Å². The van der Waals surface area contributed by atoms with Gasteiger partial charge in [-0.2, -0.15) is 0 Å². The highest BCUT2D eigenvalue weighted by Gasteiger charge is 2.30. The predicted octanol–water partition coefficient (Wildman–Crippen LogP) is 2.62. The molecule has 1 aromatic heterocycles. The molecule has 2 amide bonds. The first-order valence-electron chi connectivity index (χ1n) is 10.3. The van der Waals surface area contributed by atoms with E-state index in [1.165, 1.54) is 19.3 Å². The lowest BCUT2D eigenvalue weighted by Crippen LogP contribution is -2.29. The van der Waals surface area contributed by atoms with Gasteiger partial charge >= 0.3 is 0 Å². The van der Waals surface area contributed by atoms with Gasteiger partial charge in [-0.25, -0.2) is 0 Å². The zero-order valence-corrected chi connectivity index (χ0v) is 16.3. The van der Waals surface area contributed by atoms with Crippen molar-refractivity contribution in [3.63, 3.8) is 0 Å². The van der Waals surface area contributed by atoms with Crippen LogP contribution in [0.2, 0.25) is 0 Å². The van der Waals surface area contributed by atoms with Crippen LogP contribution in [-0.2, 0) is 16.0 Å². The summed E-state index contributed by atoms with van der Waals surface area (Å²) in [4.78, 5) is 41.0. The van der Waals surface area contributed by atoms with Gasteiger partial charge in [-0.3, -0.25) is 29.3 Å². The highest BCUT2D eigenvalue weighted by atomic mass is 16.2. The minimum atomic E-state index is -0.326. The number of carbonyl (C=O) groups is 3. The number of carbonyl (C=O) groups excluding carboxylic acids is 3. The number of pyridine rings is 1. The largest absolute Gasteiger partial charge is 0.296 e. The standard InChI is InChI=1S/C23H25N3O3/c27-21-15-18(22(28)25-21)14-16-9-11-17(12-10-16)23(29)26-13-5-4-8-20(26)24-19-6-2-1-3-7-19/h4-5,8-13,18-19H,1-3,6-7,14-15H2,(H,25,27,28). The maximum absolute atomic E-state index is 13.1. The maximum Gasteiger partial charge on any atom is 0.263 e. The summed E-state index contributed by atoms with van der Waals surface area (Å²) in [6.07, 6.45) is 8.29. The van der Waals surface area contributed by atoms with Crippen LogP contribution in [0.1, 0.15) is 54.4 Å². The summed E-state index contributed by atoms with van der Waals surface area (Å²) in [6.45, 7) is 0. The lowest BCUT2D eigenvalue weighted by molar-refractivity contribution is -0.125. The highest BCUT2D eigenvalue weighted by Crippen LogP contribution is 2.20. The molecule has 4 rings (SSSR count). The summed E-state index contributed by atoms with van der Waals surface area (Å²) in [6, 6.07) is 13.2. The summed E-state index contributed by atoms with van der Waals surface area (Å²) >= 11 is 0. The van der Waals surface area contributed by atoms with Crippen molar-refractivity contribution >= 4 is 17.7 Å². The Hall–Kier alpha value is -3.02. The highest BCUT2D eigenvalue weighted by molar-refractivity contribution is 6.03. The second kappa shape index (κ2) is 8.55. The molecule has 150 valence electrons. The van der Waals surface area contributed by atoms with Crippen LogP contribution in [0.15, 0.2) is 53.7 Å². The first-order chi connectivity index (χ1) is 14.1. The third kappa shape index (κ3) is 4.53. The van der Waals surface area contributed by atoms with E-state index in [1.807, 2.05) is 30.3 Å². The van der Waals surface area contributed by atoms with Gasteiger partial charge in [-0.1, -0.05) is 37.5 Å². The molecule has 2 fully saturated rings. The van der Waals surface area contributed by atoms with Crippen molar-refractivity contribution in [1.82, 2.24) is 9.88 Å². The third-order valence-corrected chi connectivity index (χ3v) is 5.69. The fourth-order valence-corrected chi connectivity index (χ4v) is 4.09. The second-order valence-corrected chi connectivity index (χ2v) is 7.87. The molecule has 2 aliphatic rings. The molecule has 0 bridgehead atoms. The molecule has 1 atom stereocenters. The topological polar surface area (TPSA) is 80.5 Å². The molecule has 1 aromatic carbocycles. The Bertz CT molecular complexity index is 985. The zero-order chi connectivity index (χ0) is 20.2. The fourth-order valence-electron chi connectivity index (χ4n) is 4.09. The molecule has 6 heteroatoms. The van der Waals surface area contributed by atoms with Crippen LogP contribution in [0.25, 0.3) is 0 Å². The smallest absolute Gasteiger partial charge is 0.263 e. The Labute approximate surface area is 169 Å². The Morgan fingerprint density at radius 1 is 1.03 bits per heavy atom. The van der Waals surface area contributed by atoms with E-state index in [0.717, 1.165) is 18.4 Å². The number of amides is 2. The Kier molecular flexibility index (Phi) is 5.69. The van der Waals surface area contributed by atoms with Crippen molar-refractivity contribution in [1.29, 1.82) is 0 Å². The molecule has 6 nitrogen and oxygen atoms in total. The van der Waals surface area contributed by atoms with Crippen molar-refractivity contribution in [2.45, 2.75) is 51.0 Å². The molecule has 1 N–H and O–H groups in total. The van der Waals surface area contributed by atoms with Gasteiger partial charge in [-0.05, 0) is 49.1 Å². The van der Waals surface area contributed by atoms with Crippen LogP contribution in [0.5, 0.6) is 0 Å². The van der Waals surface area contributed by atoms with Gasteiger partial charge < -0.3 is 0 Å².